The second kappa shape index (κ2) is 9.04. The Kier molecular flexibility index (Phi) is 6.03. The average Bonchev–Trinajstić information content (AvgIpc) is 2.73. The number of benzene rings is 3. The largest absolute Gasteiger partial charge is 0.562 e. The molecule has 1 fully saturated rings. The predicted octanol–water partition coefficient (Wildman–Crippen LogP) is 3.86. The molecule has 0 aliphatic carbocycles. The van der Waals surface area contributed by atoms with Gasteiger partial charge in [-0.05, 0) is 36.4 Å². The van der Waals surface area contributed by atoms with Crippen LogP contribution in [0, 0.1) is 36.3 Å². The van der Waals surface area contributed by atoms with E-state index in [0.29, 0.717) is 0 Å². The highest BCUT2D eigenvalue weighted by molar-refractivity contribution is 5.53. The fourth-order valence-corrected chi connectivity index (χ4v) is 2.75. The standard InChI is InChI=1S/C21H18F3N6/c22-13-7-1-4-10-16(13)25-19-28-20(26-17-11-5-2-8-14(17)23)30-21(29-19)27-18-12-6-3-9-15(18)24/h1-12,25-30H/q-3. The minimum Gasteiger partial charge on any atom is -0.562 e. The highest BCUT2D eigenvalue weighted by Gasteiger charge is 2.07. The monoisotopic (exact) mass is 411 g/mol. The van der Waals surface area contributed by atoms with Gasteiger partial charge in [0.15, 0.2) is 0 Å². The van der Waals surface area contributed by atoms with Gasteiger partial charge in [0.25, 0.3) is 0 Å². The van der Waals surface area contributed by atoms with Crippen molar-refractivity contribution in [3.63, 3.8) is 0 Å². The van der Waals surface area contributed by atoms with E-state index in [1.165, 1.54) is 18.2 Å². The molecule has 0 amide bonds. The van der Waals surface area contributed by atoms with E-state index in [1.807, 2.05) is 0 Å². The predicted molar refractivity (Wildman–Crippen MR) is 109 cm³/mol. The van der Waals surface area contributed by atoms with Crippen LogP contribution in [-0.2, 0) is 0 Å². The molecule has 0 bridgehead atoms. The first-order valence-electron chi connectivity index (χ1n) is 9.05. The molecule has 0 unspecified atom stereocenters. The van der Waals surface area contributed by atoms with Crippen LogP contribution in [-0.4, -0.2) is 0 Å². The third-order valence-electron chi connectivity index (χ3n) is 4.15. The van der Waals surface area contributed by atoms with E-state index in [9.17, 15) is 13.2 Å². The molecular weight excluding hydrogens is 393 g/mol. The van der Waals surface area contributed by atoms with Crippen LogP contribution in [0.25, 0.3) is 0 Å². The summed E-state index contributed by atoms with van der Waals surface area (Å²) < 4.78 is 42.1. The Labute approximate surface area is 171 Å². The molecule has 6 N–H and O–H groups in total. The molecule has 4 rings (SSSR count). The topological polar surface area (TPSA) is 72.2 Å². The zero-order valence-electron chi connectivity index (χ0n) is 15.6. The van der Waals surface area contributed by atoms with E-state index in [4.69, 9.17) is 0 Å². The summed E-state index contributed by atoms with van der Waals surface area (Å²) in [7, 11) is 0. The highest BCUT2D eigenvalue weighted by atomic mass is 19.1. The summed E-state index contributed by atoms with van der Waals surface area (Å²) in [5.41, 5.74) is 0.639. The molecule has 0 saturated carbocycles. The minimum absolute atomic E-state index is 0.213. The molecule has 0 spiro atoms. The molecule has 9 heteroatoms. The third-order valence-corrected chi connectivity index (χ3v) is 4.15. The second-order valence-electron chi connectivity index (χ2n) is 6.31. The van der Waals surface area contributed by atoms with Crippen LogP contribution < -0.4 is 31.9 Å². The normalized spacial score (nSPS) is 15.7. The first-order chi connectivity index (χ1) is 14.6. The zero-order valence-corrected chi connectivity index (χ0v) is 15.6. The Balaban J connectivity index is 1.53. The number of hydrogen-bond acceptors (Lipinski definition) is 6. The van der Waals surface area contributed by atoms with Gasteiger partial charge in [-0.1, -0.05) is 36.4 Å². The Morgan fingerprint density at radius 2 is 0.733 bits per heavy atom. The van der Waals surface area contributed by atoms with Gasteiger partial charge in [0.1, 0.15) is 17.5 Å². The maximum atomic E-state index is 14.0. The molecule has 30 heavy (non-hydrogen) atoms. The molecule has 3 aromatic rings. The van der Waals surface area contributed by atoms with E-state index < -0.39 is 17.5 Å². The van der Waals surface area contributed by atoms with Crippen molar-refractivity contribution in [1.82, 2.24) is 16.0 Å². The molecule has 0 aromatic heterocycles. The van der Waals surface area contributed by atoms with Crippen LogP contribution in [0.4, 0.5) is 30.2 Å². The summed E-state index contributed by atoms with van der Waals surface area (Å²) in [4.78, 5) is 0. The third kappa shape index (κ3) is 4.82. The molecule has 1 saturated heterocycles. The number of halogens is 3. The maximum Gasteiger partial charge on any atom is 0.143 e. The van der Waals surface area contributed by atoms with Crippen molar-refractivity contribution < 1.29 is 13.2 Å². The summed E-state index contributed by atoms with van der Waals surface area (Å²) in [5, 5.41) is 17.4. The van der Waals surface area contributed by atoms with Crippen LogP contribution >= 0.6 is 0 Å². The number of nitrogens with one attached hydrogen (secondary N) is 6. The molecule has 0 radical (unpaired) electrons. The lowest BCUT2D eigenvalue weighted by Gasteiger charge is -2.66. The summed E-state index contributed by atoms with van der Waals surface area (Å²) in [6.45, 7) is 0. The Morgan fingerprint density at radius 3 is 1.00 bits per heavy atom. The molecular formula is C21H18F3N6-3. The molecule has 0 atom stereocenters. The van der Waals surface area contributed by atoms with Gasteiger partial charge in [-0.3, -0.25) is 0 Å². The van der Waals surface area contributed by atoms with Crippen molar-refractivity contribution in [1.29, 1.82) is 0 Å². The second-order valence-corrected chi connectivity index (χ2v) is 6.31. The molecule has 1 aliphatic heterocycles. The fraction of sp³-hybridized carbons (Fsp3) is 0. The Morgan fingerprint density at radius 1 is 0.467 bits per heavy atom. The van der Waals surface area contributed by atoms with Crippen LogP contribution in [0.2, 0.25) is 0 Å². The molecule has 3 aromatic carbocycles. The van der Waals surface area contributed by atoms with E-state index in [0.717, 1.165) is 0 Å². The SMILES string of the molecule is Fc1ccccc1N[C-]1N[C-](Nc2ccccc2F)N[C-](Nc2ccccc2F)N1. The molecule has 1 aliphatic rings. The van der Waals surface area contributed by atoms with Gasteiger partial charge < -0.3 is 31.9 Å². The lowest BCUT2D eigenvalue weighted by Crippen LogP contribution is -2.61. The van der Waals surface area contributed by atoms with Crippen LogP contribution in [0.5, 0.6) is 0 Å². The lowest BCUT2D eigenvalue weighted by atomic mass is 10.3. The Bertz CT molecular complexity index is 869. The average molecular weight is 411 g/mol. The van der Waals surface area contributed by atoms with Gasteiger partial charge in [0, 0.05) is 17.1 Å². The number of anilines is 3. The van der Waals surface area contributed by atoms with Crippen molar-refractivity contribution in [2.45, 2.75) is 0 Å². The number of rotatable bonds is 6. The maximum absolute atomic E-state index is 14.0. The minimum atomic E-state index is -0.459. The molecule has 1 heterocycles. The van der Waals surface area contributed by atoms with E-state index in [1.54, 1.807) is 54.6 Å². The smallest absolute Gasteiger partial charge is 0.143 e. The highest BCUT2D eigenvalue weighted by Crippen LogP contribution is 2.22. The van der Waals surface area contributed by atoms with Crippen LogP contribution in [0.1, 0.15) is 0 Å². The summed E-state index contributed by atoms with van der Waals surface area (Å²) in [6.07, 6.45) is 0.782. The fourth-order valence-electron chi connectivity index (χ4n) is 2.75. The van der Waals surface area contributed by atoms with Gasteiger partial charge in [0.2, 0.25) is 0 Å². The van der Waals surface area contributed by atoms with Crippen molar-refractivity contribution in [3.05, 3.63) is 109 Å². The zero-order chi connectivity index (χ0) is 20.9. The molecule has 156 valence electrons. The van der Waals surface area contributed by atoms with Crippen molar-refractivity contribution >= 4 is 17.1 Å². The van der Waals surface area contributed by atoms with Gasteiger partial charge in [-0.15, -0.1) is 0 Å². The lowest BCUT2D eigenvalue weighted by molar-refractivity contribution is 0.456. The number of para-hydroxylation sites is 3. The van der Waals surface area contributed by atoms with Crippen molar-refractivity contribution in [2.24, 2.45) is 0 Å². The first kappa shape index (κ1) is 20.0. The van der Waals surface area contributed by atoms with E-state index in [2.05, 4.69) is 31.9 Å². The van der Waals surface area contributed by atoms with Gasteiger partial charge >= 0.3 is 0 Å². The van der Waals surface area contributed by atoms with E-state index in [-0.39, 0.29) is 35.9 Å². The van der Waals surface area contributed by atoms with Gasteiger partial charge in [-0.2, -0.15) is 18.9 Å². The van der Waals surface area contributed by atoms with E-state index >= 15 is 0 Å². The van der Waals surface area contributed by atoms with Crippen LogP contribution in [0.3, 0.4) is 0 Å². The number of hydrogen-bond donors (Lipinski definition) is 6. The van der Waals surface area contributed by atoms with Crippen molar-refractivity contribution in [2.75, 3.05) is 16.0 Å². The summed E-state index contributed by atoms with van der Waals surface area (Å²) >= 11 is 0. The quantitative estimate of drug-likeness (QED) is 0.346. The van der Waals surface area contributed by atoms with Gasteiger partial charge in [0.05, 0.1) is 0 Å². The van der Waals surface area contributed by atoms with Crippen molar-refractivity contribution in [3.8, 4) is 0 Å². The molecule has 6 nitrogen and oxygen atoms in total. The summed E-state index contributed by atoms with van der Waals surface area (Å²) in [5.74, 6) is -1.38. The first-order valence-corrected chi connectivity index (χ1v) is 9.05. The Hall–Kier alpha value is -3.27. The van der Waals surface area contributed by atoms with Crippen LogP contribution in [0.15, 0.2) is 72.8 Å². The van der Waals surface area contributed by atoms with Gasteiger partial charge in [-0.25, -0.2) is 13.2 Å². The summed E-state index contributed by atoms with van der Waals surface area (Å²) in [6, 6.07) is 18.4.